The molecule has 1 saturated heterocycles. The first-order chi connectivity index (χ1) is 16.7. The van der Waals surface area contributed by atoms with Crippen LogP contribution in [0.3, 0.4) is 0 Å². The van der Waals surface area contributed by atoms with Crippen LogP contribution in [0.25, 0.3) is 5.76 Å². The number of methoxy groups -OCH3 is 1. The Labute approximate surface area is 209 Å². The molecule has 1 amide bonds. The molecule has 0 radical (unpaired) electrons. The number of aromatic nitrogens is 1. The van der Waals surface area contributed by atoms with Gasteiger partial charge in [0.2, 0.25) is 0 Å². The molecular formula is C28H27ClN2O4. The minimum Gasteiger partial charge on any atom is -0.507 e. The maximum absolute atomic E-state index is 13.4. The molecular weight excluding hydrogens is 464 g/mol. The smallest absolute Gasteiger partial charge is 0.295 e. The summed E-state index contributed by atoms with van der Waals surface area (Å²) in [6.45, 7) is 6.20. The van der Waals surface area contributed by atoms with Crippen molar-refractivity contribution in [1.82, 2.24) is 9.88 Å². The minimum atomic E-state index is -0.784. The van der Waals surface area contributed by atoms with E-state index in [-0.39, 0.29) is 29.2 Å². The van der Waals surface area contributed by atoms with Gasteiger partial charge in [-0.2, -0.15) is 0 Å². The third-order valence-electron chi connectivity index (χ3n) is 6.21. The van der Waals surface area contributed by atoms with Crippen molar-refractivity contribution in [3.8, 4) is 5.75 Å². The fraction of sp³-hybridized carbons (Fsp3) is 0.250. The van der Waals surface area contributed by atoms with Crippen molar-refractivity contribution in [1.29, 1.82) is 0 Å². The number of hydrogen-bond acceptors (Lipinski definition) is 5. The molecule has 0 spiro atoms. The van der Waals surface area contributed by atoms with E-state index in [0.717, 1.165) is 22.3 Å². The Morgan fingerprint density at radius 2 is 1.77 bits per heavy atom. The second kappa shape index (κ2) is 9.92. The number of aliphatic hydroxyl groups excluding tert-OH is 1. The van der Waals surface area contributed by atoms with Gasteiger partial charge < -0.3 is 14.7 Å². The third kappa shape index (κ3) is 4.66. The van der Waals surface area contributed by atoms with E-state index in [1.165, 1.54) is 12.0 Å². The van der Waals surface area contributed by atoms with Gasteiger partial charge in [0, 0.05) is 18.9 Å². The summed E-state index contributed by atoms with van der Waals surface area (Å²) in [4.78, 5) is 32.1. The number of likely N-dealkylation sites (tertiary alicyclic amines) is 1. The number of benzene rings is 2. The number of Topliss-reactive ketones (excluding diaryl/α,β-unsaturated/α-hetero) is 1. The maximum Gasteiger partial charge on any atom is 0.295 e. The summed E-state index contributed by atoms with van der Waals surface area (Å²) in [5.41, 5.74) is 3.72. The van der Waals surface area contributed by atoms with Crippen LogP contribution in [-0.4, -0.2) is 33.8 Å². The molecule has 4 rings (SSSR count). The first-order valence-corrected chi connectivity index (χ1v) is 11.7. The van der Waals surface area contributed by atoms with Crippen LogP contribution in [0.15, 0.2) is 66.5 Å². The van der Waals surface area contributed by atoms with E-state index in [0.29, 0.717) is 10.9 Å². The van der Waals surface area contributed by atoms with Crippen LogP contribution in [0, 0.1) is 6.92 Å². The molecule has 1 unspecified atom stereocenters. The number of carbonyl (C=O) groups excluding carboxylic acids is 2. The lowest BCUT2D eigenvalue weighted by Gasteiger charge is -2.26. The molecule has 0 saturated carbocycles. The molecule has 6 nitrogen and oxygen atoms in total. The molecule has 2 heterocycles. The highest BCUT2D eigenvalue weighted by atomic mass is 35.5. The van der Waals surface area contributed by atoms with Crippen molar-refractivity contribution in [2.24, 2.45) is 0 Å². The number of amides is 1. The van der Waals surface area contributed by atoms with Crippen LogP contribution in [0.2, 0.25) is 5.02 Å². The third-order valence-corrected chi connectivity index (χ3v) is 6.49. The quantitative estimate of drug-likeness (QED) is 0.268. The van der Waals surface area contributed by atoms with Crippen molar-refractivity contribution < 1.29 is 19.4 Å². The largest absolute Gasteiger partial charge is 0.507 e. The van der Waals surface area contributed by atoms with Gasteiger partial charge in [0.25, 0.3) is 11.7 Å². The average Bonchev–Trinajstić information content (AvgIpc) is 3.08. The number of ketones is 1. The minimum absolute atomic E-state index is 0.00122. The number of aryl methyl sites for hydroxylation is 1. The molecule has 3 aromatic rings. The zero-order chi connectivity index (χ0) is 25.3. The maximum atomic E-state index is 13.4. The van der Waals surface area contributed by atoms with E-state index >= 15 is 0 Å². The van der Waals surface area contributed by atoms with E-state index in [9.17, 15) is 14.7 Å². The molecule has 1 atom stereocenters. The normalized spacial score (nSPS) is 17.3. The van der Waals surface area contributed by atoms with Crippen LogP contribution >= 0.6 is 11.6 Å². The fourth-order valence-electron chi connectivity index (χ4n) is 4.40. The van der Waals surface area contributed by atoms with Gasteiger partial charge in [-0.15, -0.1) is 0 Å². The van der Waals surface area contributed by atoms with Crippen LogP contribution in [0.1, 0.15) is 53.6 Å². The van der Waals surface area contributed by atoms with Gasteiger partial charge in [0.05, 0.1) is 29.3 Å². The lowest BCUT2D eigenvalue weighted by Crippen LogP contribution is -2.29. The van der Waals surface area contributed by atoms with Crippen LogP contribution < -0.4 is 4.74 Å². The number of halogens is 1. The summed E-state index contributed by atoms with van der Waals surface area (Å²) in [6, 6.07) is 14.0. The van der Waals surface area contributed by atoms with Gasteiger partial charge in [-0.1, -0.05) is 49.7 Å². The van der Waals surface area contributed by atoms with Crippen LogP contribution in [-0.2, 0) is 16.1 Å². The molecule has 1 aliphatic rings. The van der Waals surface area contributed by atoms with Gasteiger partial charge in [0.1, 0.15) is 11.5 Å². The lowest BCUT2D eigenvalue weighted by atomic mass is 9.92. The zero-order valence-electron chi connectivity index (χ0n) is 20.1. The topological polar surface area (TPSA) is 79.7 Å². The average molecular weight is 491 g/mol. The number of aliphatic hydroxyl groups is 1. The Kier molecular flexibility index (Phi) is 6.94. The summed E-state index contributed by atoms with van der Waals surface area (Å²) in [5, 5.41) is 11.8. The summed E-state index contributed by atoms with van der Waals surface area (Å²) < 4.78 is 5.44. The van der Waals surface area contributed by atoms with Crippen molar-refractivity contribution in [2.45, 2.75) is 39.3 Å². The number of hydrogen-bond donors (Lipinski definition) is 1. The molecule has 1 aromatic heterocycles. The molecule has 35 heavy (non-hydrogen) atoms. The molecule has 7 heteroatoms. The number of rotatable bonds is 6. The van der Waals surface area contributed by atoms with E-state index < -0.39 is 17.7 Å². The van der Waals surface area contributed by atoms with E-state index in [2.05, 4.69) is 18.8 Å². The van der Waals surface area contributed by atoms with Crippen molar-refractivity contribution in [3.05, 3.63) is 99.3 Å². The Hall–Kier alpha value is -3.64. The van der Waals surface area contributed by atoms with Crippen molar-refractivity contribution in [3.63, 3.8) is 0 Å². The first-order valence-electron chi connectivity index (χ1n) is 11.3. The standard InChI is InChI=1S/C28H27ClN2O4/c1-16(2)19-5-7-20(8-6-19)24-23(25(32)21-13-17(3)14-22(29)27(21)35-4)26(33)28(34)31(24)15-18-9-11-30-12-10-18/h5-14,16,24,32H,15H2,1-4H3/b25-23+. The molecule has 1 aliphatic heterocycles. The lowest BCUT2D eigenvalue weighted by molar-refractivity contribution is -0.140. The molecule has 0 bridgehead atoms. The van der Waals surface area contributed by atoms with Gasteiger partial charge in [-0.3, -0.25) is 14.6 Å². The number of pyridine rings is 1. The predicted molar refractivity (Wildman–Crippen MR) is 135 cm³/mol. The predicted octanol–water partition coefficient (Wildman–Crippen LogP) is 5.80. The highest BCUT2D eigenvalue weighted by Crippen LogP contribution is 2.43. The van der Waals surface area contributed by atoms with Crippen molar-refractivity contribution in [2.75, 3.05) is 7.11 Å². The van der Waals surface area contributed by atoms with E-state index in [1.807, 2.05) is 31.2 Å². The number of carbonyl (C=O) groups is 2. The molecule has 2 aromatic carbocycles. The summed E-state index contributed by atoms with van der Waals surface area (Å²) in [6.07, 6.45) is 3.27. The molecule has 0 aliphatic carbocycles. The second-order valence-corrected chi connectivity index (χ2v) is 9.34. The first kappa shape index (κ1) is 24.5. The molecule has 180 valence electrons. The Morgan fingerprint density at radius 1 is 1.11 bits per heavy atom. The van der Waals surface area contributed by atoms with Gasteiger partial charge in [-0.25, -0.2) is 0 Å². The fourth-order valence-corrected chi connectivity index (χ4v) is 4.75. The highest BCUT2D eigenvalue weighted by molar-refractivity contribution is 6.46. The molecule has 1 N–H and O–H groups in total. The van der Waals surface area contributed by atoms with Crippen LogP contribution in [0.4, 0.5) is 0 Å². The Morgan fingerprint density at radius 3 is 2.37 bits per heavy atom. The van der Waals surface area contributed by atoms with E-state index in [4.69, 9.17) is 16.3 Å². The number of ether oxygens (including phenoxy) is 1. The van der Waals surface area contributed by atoms with Gasteiger partial charge in [-0.05, 0) is 59.4 Å². The number of nitrogens with zero attached hydrogens (tertiary/aromatic N) is 2. The SMILES string of the molecule is COc1c(Cl)cc(C)cc1/C(O)=C1\C(=O)C(=O)N(Cc2ccncc2)C1c1ccc(C(C)C)cc1. The molecule has 1 fully saturated rings. The second-order valence-electron chi connectivity index (χ2n) is 8.93. The summed E-state index contributed by atoms with van der Waals surface area (Å²) >= 11 is 6.36. The summed E-state index contributed by atoms with van der Waals surface area (Å²) in [5.74, 6) is -1.19. The zero-order valence-corrected chi connectivity index (χ0v) is 20.8. The van der Waals surface area contributed by atoms with Crippen LogP contribution in [0.5, 0.6) is 5.75 Å². The van der Waals surface area contributed by atoms with Crippen molar-refractivity contribution >= 4 is 29.1 Å². The van der Waals surface area contributed by atoms with E-state index in [1.54, 1.807) is 36.7 Å². The van der Waals surface area contributed by atoms with Gasteiger partial charge >= 0.3 is 0 Å². The monoisotopic (exact) mass is 490 g/mol. The Balaban J connectivity index is 1.92. The Bertz CT molecular complexity index is 1300. The highest BCUT2D eigenvalue weighted by Gasteiger charge is 2.46. The van der Waals surface area contributed by atoms with Gasteiger partial charge in [0.15, 0.2) is 0 Å². The summed E-state index contributed by atoms with van der Waals surface area (Å²) in [7, 11) is 1.44.